The second kappa shape index (κ2) is 6.95. The number of ether oxygens (including phenoxy) is 1. The van der Waals surface area contributed by atoms with E-state index < -0.39 is 39.0 Å². The Hall–Kier alpha value is -1.01. The van der Waals surface area contributed by atoms with Gasteiger partial charge in [-0.15, -0.1) is 11.3 Å². The molecular formula is C15H17IN2O5S2. The SMILES string of the molecule is CC1(C)[C@H](C(=O)OCI)N2C(=O)[C@@H](NC(=O)Cc3cccs3)[C@H]2[S@@]1=O. The van der Waals surface area contributed by atoms with Gasteiger partial charge in [0.15, 0.2) is 0 Å². The summed E-state index contributed by atoms with van der Waals surface area (Å²) >= 11 is 3.35. The van der Waals surface area contributed by atoms with Gasteiger partial charge in [0.2, 0.25) is 11.8 Å². The number of thiophene rings is 1. The number of carbonyl (C=O) groups excluding carboxylic acids is 3. The molecule has 2 saturated heterocycles. The summed E-state index contributed by atoms with van der Waals surface area (Å²) in [6.45, 7) is 3.36. The number of carbonyl (C=O) groups is 3. The molecule has 0 aromatic carbocycles. The minimum absolute atomic E-state index is 0.156. The Kier molecular flexibility index (Phi) is 5.22. The van der Waals surface area contributed by atoms with Crippen molar-refractivity contribution in [1.29, 1.82) is 0 Å². The molecule has 0 aliphatic carbocycles. The van der Waals surface area contributed by atoms with Crippen LogP contribution in [0.1, 0.15) is 18.7 Å². The third kappa shape index (κ3) is 3.12. The Morgan fingerprint density at radius 2 is 2.20 bits per heavy atom. The van der Waals surface area contributed by atoms with Gasteiger partial charge in [-0.25, -0.2) is 4.79 Å². The fourth-order valence-corrected chi connectivity index (χ4v) is 6.13. The highest BCUT2D eigenvalue weighted by Crippen LogP contribution is 2.43. The lowest BCUT2D eigenvalue weighted by Gasteiger charge is -2.43. The molecule has 136 valence electrons. The largest absolute Gasteiger partial charge is 0.453 e. The molecule has 3 rings (SSSR count). The van der Waals surface area contributed by atoms with E-state index in [4.69, 9.17) is 4.74 Å². The molecule has 1 aromatic rings. The standard InChI is InChI=1S/C15H17IN2O5S2/c1-15(2)11(14(21)23-7-16)18-12(20)10(13(18)25(15)22)17-9(19)6-8-4-3-5-24-8/h3-5,10-11,13H,6-7H2,1-2H3,(H,17,19)/t10-,11+,13-,25+/m1/s1. The van der Waals surface area contributed by atoms with E-state index >= 15 is 0 Å². The number of halogens is 1. The maximum absolute atomic E-state index is 12.8. The number of esters is 1. The van der Waals surface area contributed by atoms with Crippen molar-refractivity contribution in [2.45, 2.75) is 42.5 Å². The molecule has 4 atom stereocenters. The van der Waals surface area contributed by atoms with Crippen molar-refractivity contribution in [2.24, 2.45) is 0 Å². The Balaban J connectivity index is 1.74. The molecule has 1 aromatic heterocycles. The van der Waals surface area contributed by atoms with Crippen LogP contribution in [0, 0.1) is 0 Å². The lowest BCUT2D eigenvalue weighted by atomic mass is 9.96. The lowest BCUT2D eigenvalue weighted by molar-refractivity contribution is -0.163. The van der Waals surface area contributed by atoms with E-state index in [2.05, 4.69) is 5.32 Å². The van der Waals surface area contributed by atoms with Gasteiger partial charge in [0, 0.05) is 4.88 Å². The van der Waals surface area contributed by atoms with Gasteiger partial charge in [0.25, 0.3) is 0 Å². The Bertz CT molecular complexity index is 736. The molecule has 0 radical (unpaired) electrons. The highest BCUT2D eigenvalue weighted by Gasteiger charge is 2.68. The molecule has 3 heterocycles. The van der Waals surface area contributed by atoms with Crippen molar-refractivity contribution in [3.63, 3.8) is 0 Å². The number of nitrogens with zero attached hydrogens (tertiary/aromatic N) is 1. The maximum atomic E-state index is 12.8. The number of rotatable bonds is 5. The smallest absolute Gasteiger partial charge is 0.331 e. The number of β-lactam (4-membered cyclic amide) rings is 1. The second-order valence-corrected chi connectivity index (χ2v) is 10.1. The van der Waals surface area contributed by atoms with Gasteiger partial charge < -0.3 is 15.0 Å². The fourth-order valence-electron chi connectivity index (χ4n) is 3.20. The van der Waals surface area contributed by atoms with Crippen LogP contribution in [0.3, 0.4) is 0 Å². The normalized spacial score (nSPS) is 29.7. The molecule has 2 amide bonds. The first-order chi connectivity index (χ1) is 11.8. The molecule has 0 saturated carbocycles. The predicted octanol–water partition coefficient (Wildman–Crippen LogP) is 0.789. The summed E-state index contributed by atoms with van der Waals surface area (Å²) in [6, 6.07) is 1.93. The van der Waals surface area contributed by atoms with E-state index in [0.717, 1.165) is 4.88 Å². The summed E-state index contributed by atoms with van der Waals surface area (Å²) in [7, 11) is -1.49. The summed E-state index contributed by atoms with van der Waals surface area (Å²) in [5.41, 5.74) is 0. The number of fused-ring (bicyclic) bond motifs is 1. The first-order valence-electron chi connectivity index (χ1n) is 7.56. The number of nitrogens with one attached hydrogen (secondary N) is 1. The van der Waals surface area contributed by atoms with E-state index in [0.29, 0.717) is 0 Å². The summed E-state index contributed by atoms with van der Waals surface area (Å²) in [5.74, 6) is -1.25. The minimum Gasteiger partial charge on any atom is -0.453 e. The quantitative estimate of drug-likeness (QED) is 0.282. The number of hydrogen-bond acceptors (Lipinski definition) is 6. The molecule has 2 aliphatic heterocycles. The molecule has 2 fully saturated rings. The van der Waals surface area contributed by atoms with E-state index in [1.807, 2.05) is 40.1 Å². The zero-order chi connectivity index (χ0) is 18.4. The van der Waals surface area contributed by atoms with E-state index in [1.54, 1.807) is 13.8 Å². The van der Waals surface area contributed by atoms with Gasteiger partial charge in [0.05, 0.1) is 22.0 Å². The highest BCUT2D eigenvalue weighted by atomic mass is 127. The second-order valence-electron chi connectivity index (χ2n) is 6.31. The molecule has 25 heavy (non-hydrogen) atoms. The van der Waals surface area contributed by atoms with Gasteiger partial charge in [-0.05, 0) is 47.9 Å². The number of hydrogen-bond donors (Lipinski definition) is 1. The van der Waals surface area contributed by atoms with Crippen molar-refractivity contribution < 1.29 is 23.3 Å². The lowest BCUT2D eigenvalue weighted by Crippen LogP contribution is -2.71. The van der Waals surface area contributed by atoms with Crippen LogP contribution in [0.2, 0.25) is 0 Å². The summed E-state index contributed by atoms with van der Waals surface area (Å²) < 4.78 is 17.1. The third-order valence-corrected chi connectivity index (χ3v) is 7.79. The van der Waals surface area contributed by atoms with Crippen LogP contribution in [0.5, 0.6) is 0 Å². The fraction of sp³-hybridized carbons (Fsp3) is 0.533. The topological polar surface area (TPSA) is 92.8 Å². The molecule has 0 spiro atoms. The van der Waals surface area contributed by atoms with Crippen molar-refractivity contribution in [3.05, 3.63) is 22.4 Å². The zero-order valence-electron chi connectivity index (χ0n) is 13.6. The Morgan fingerprint density at radius 1 is 1.48 bits per heavy atom. The van der Waals surface area contributed by atoms with Crippen LogP contribution in [-0.2, 0) is 36.3 Å². The van der Waals surface area contributed by atoms with Crippen molar-refractivity contribution in [3.8, 4) is 0 Å². The molecule has 0 unspecified atom stereocenters. The van der Waals surface area contributed by atoms with E-state index in [-0.39, 0.29) is 22.8 Å². The number of amides is 2. The van der Waals surface area contributed by atoms with Crippen molar-refractivity contribution >= 4 is 62.5 Å². The van der Waals surface area contributed by atoms with Crippen LogP contribution >= 0.6 is 33.9 Å². The van der Waals surface area contributed by atoms with Gasteiger partial charge in [-0.1, -0.05) is 6.07 Å². The van der Waals surface area contributed by atoms with Crippen LogP contribution < -0.4 is 5.32 Å². The predicted molar refractivity (Wildman–Crippen MR) is 102 cm³/mol. The monoisotopic (exact) mass is 496 g/mol. The maximum Gasteiger partial charge on any atom is 0.331 e. The first-order valence-corrected chi connectivity index (χ1v) is 11.2. The first kappa shape index (κ1) is 18.8. The third-order valence-electron chi connectivity index (χ3n) is 4.41. The van der Waals surface area contributed by atoms with Gasteiger partial charge in [0.1, 0.15) is 22.1 Å². The van der Waals surface area contributed by atoms with Crippen molar-refractivity contribution in [2.75, 3.05) is 4.61 Å². The van der Waals surface area contributed by atoms with E-state index in [9.17, 15) is 18.6 Å². The summed E-state index contributed by atoms with van der Waals surface area (Å²) in [4.78, 5) is 39.1. The van der Waals surface area contributed by atoms with Gasteiger partial charge in [-0.2, -0.15) is 0 Å². The summed E-state index contributed by atoms with van der Waals surface area (Å²) in [5, 5.41) is 3.84. The summed E-state index contributed by atoms with van der Waals surface area (Å²) in [6.07, 6.45) is 0.171. The average Bonchev–Trinajstić information content (AvgIpc) is 3.10. The molecule has 10 heteroatoms. The zero-order valence-corrected chi connectivity index (χ0v) is 17.4. The van der Waals surface area contributed by atoms with Gasteiger partial charge in [-0.3, -0.25) is 13.8 Å². The molecule has 7 nitrogen and oxygen atoms in total. The minimum atomic E-state index is -1.49. The van der Waals surface area contributed by atoms with Gasteiger partial charge >= 0.3 is 5.97 Å². The van der Waals surface area contributed by atoms with Crippen LogP contribution in [0.15, 0.2) is 17.5 Å². The molecule has 0 bridgehead atoms. The van der Waals surface area contributed by atoms with Crippen molar-refractivity contribution in [1.82, 2.24) is 10.2 Å². The Morgan fingerprint density at radius 3 is 2.80 bits per heavy atom. The molecular weight excluding hydrogens is 479 g/mol. The molecule has 2 aliphatic rings. The molecule has 1 N–H and O–H groups in total. The van der Waals surface area contributed by atoms with E-state index in [1.165, 1.54) is 16.2 Å². The van der Waals surface area contributed by atoms with Crippen LogP contribution in [0.25, 0.3) is 0 Å². The van der Waals surface area contributed by atoms with Crippen LogP contribution in [0.4, 0.5) is 0 Å². The van der Waals surface area contributed by atoms with Crippen LogP contribution in [-0.4, -0.2) is 53.7 Å². The highest BCUT2D eigenvalue weighted by molar-refractivity contribution is 14.1. The average molecular weight is 496 g/mol. The Labute approximate surface area is 165 Å². The number of alkyl halides is 1.